The maximum atomic E-state index is 10.3. The molecule has 1 aromatic carbocycles. The van der Waals surface area contributed by atoms with Crippen LogP contribution >= 0.6 is 0 Å². The lowest BCUT2D eigenvalue weighted by atomic mass is 9.84. The van der Waals surface area contributed by atoms with E-state index in [0.717, 1.165) is 12.8 Å². The maximum absolute atomic E-state index is 10.3. The van der Waals surface area contributed by atoms with Crippen LogP contribution in [-0.2, 0) is 12.8 Å². The molecule has 1 saturated carbocycles. The van der Waals surface area contributed by atoms with E-state index in [2.05, 4.69) is 33.8 Å². The molecule has 26 heavy (non-hydrogen) atoms. The van der Waals surface area contributed by atoms with Gasteiger partial charge in [-0.2, -0.15) is 0 Å². The van der Waals surface area contributed by atoms with Gasteiger partial charge in [-0.3, -0.25) is 0 Å². The Morgan fingerprint density at radius 2 is 1.65 bits per heavy atom. The monoisotopic (exact) mass is 358 g/mol. The first-order valence-corrected chi connectivity index (χ1v) is 11.1. The highest BCUT2D eigenvalue weighted by Crippen LogP contribution is 2.49. The molecule has 0 spiro atoms. The second kappa shape index (κ2) is 9.81. The summed E-state index contributed by atoms with van der Waals surface area (Å²) in [6.45, 7) is 9.48. The Balaban J connectivity index is 1.71. The summed E-state index contributed by atoms with van der Waals surface area (Å²) in [6.07, 6.45) is 16.8. The van der Waals surface area contributed by atoms with E-state index >= 15 is 0 Å². The molecule has 1 heteroatoms. The molecule has 0 aliphatic heterocycles. The highest BCUT2D eigenvalue weighted by molar-refractivity contribution is 5.39. The summed E-state index contributed by atoms with van der Waals surface area (Å²) >= 11 is 0. The van der Waals surface area contributed by atoms with Crippen molar-refractivity contribution in [2.45, 2.75) is 111 Å². The van der Waals surface area contributed by atoms with Gasteiger partial charge in [0.2, 0.25) is 0 Å². The summed E-state index contributed by atoms with van der Waals surface area (Å²) in [5.41, 5.74) is 3.79. The minimum atomic E-state index is 0.494. The third-order valence-corrected chi connectivity index (χ3v) is 6.82. The van der Waals surface area contributed by atoms with Crippen molar-refractivity contribution in [1.29, 1.82) is 0 Å². The number of phenolic OH excluding ortho intramolecular Hbond substituents is 1. The normalized spacial score (nSPS) is 16.0. The molecule has 1 aliphatic carbocycles. The van der Waals surface area contributed by atoms with E-state index in [4.69, 9.17) is 0 Å². The van der Waals surface area contributed by atoms with Crippen LogP contribution in [0.1, 0.15) is 109 Å². The van der Waals surface area contributed by atoms with Crippen molar-refractivity contribution in [3.8, 4) is 5.75 Å². The van der Waals surface area contributed by atoms with Crippen LogP contribution in [-0.4, -0.2) is 5.11 Å². The molecular weight excluding hydrogens is 316 g/mol. The number of aromatic hydroxyl groups is 1. The van der Waals surface area contributed by atoms with E-state index in [1.54, 1.807) is 0 Å². The van der Waals surface area contributed by atoms with Crippen molar-refractivity contribution in [3.05, 3.63) is 29.3 Å². The molecule has 0 bridgehead atoms. The third-order valence-electron chi connectivity index (χ3n) is 6.82. The lowest BCUT2D eigenvalue weighted by Crippen LogP contribution is -2.08. The smallest absolute Gasteiger partial charge is 0.119 e. The number of unbranched alkanes of at least 4 members (excludes halogenated alkanes) is 4. The second-order valence-corrected chi connectivity index (χ2v) is 9.86. The molecule has 1 fully saturated rings. The van der Waals surface area contributed by atoms with E-state index in [0.29, 0.717) is 16.6 Å². The van der Waals surface area contributed by atoms with Gasteiger partial charge in [-0.15, -0.1) is 0 Å². The van der Waals surface area contributed by atoms with Crippen LogP contribution in [0.4, 0.5) is 0 Å². The molecule has 1 nitrogen and oxygen atoms in total. The van der Waals surface area contributed by atoms with E-state index in [1.807, 2.05) is 12.1 Å². The van der Waals surface area contributed by atoms with Crippen LogP contribution < -0.4 is 0 Å². The van der Waals surface area contributed by atoms with Gasteiger partial charge in [-0.25, -0.2) is 0 Å². The number of rotatable bonds is 13. The molecular formula is C25H42O. The van der Waals surface area contributed by atoms with E-state index in [1.165, 1.54) is 81.8 Å². The summed E-state index contributed by atoms with van der Waals surface area (Å²) in [5.74, 6) is 0.517. The fraction of sp³-hybridized carbons (Fsp3) is 0.760. The zero-order chi connectivity index (χ0) is 19.0. The molecule has 0 radical (unpaired) electrons. The molecule has 0 amide bonds. The minimum absolute atomic E-state index is 0.494. The van der Waals surface area contributed by atoms with Gasteiger partial charge in [0.05, 0.1) is 0 Å². The molecule has 0 aromatic heterocycles. The molecule has 1 N–H and O–H groups in total. The Bertz CT molecular complexity index is 539. The largest absolute Gasteiger partial charge is 0.508 e. The predicted octanol–water partition coefficient (Wildman–Crippen LogP) is 7.83. The van der Waals surface area contributed by atoms with Crippen LogP contribution in [0.5, 0.6) is 5.75 Å². The quantitative estimate of drug-likeness (QED) is 0.356. The number of hydrogen-bond donors (Lipinski definition) is 1. The summed E-state index contributed by atoms with van der Waals surface area (Å²) in [4.78, 5) is 0. The molecule has 0 unspecified atom stereocenters. The number of hydrogen-bond acceptors (Lipinski definition) is 1. The Morgan fingerprint density at radius 1 is 0.962 bits per heavy atom. The maximum Gasteiger partial charge on any atom is 0.119 e. The molecule has 0 saturated heterocycles. The van der Waals surface area contributed by atoms with Gasteiger partial charge in [0.1, 0.15) is 5.75 Å². The summed E-state index contributed by atoms with van der Waals surface area (Å²) < 4.78 is 0. The summed E-state index contributed by atoms with van der Waals surface area (Å²) in [5, 5.41) is 10.3. The first-order valence-electron chi connectivity index (χ1n) is 11.1. The first kappa shape index (κ1) is 21.3. The lowest BCUT2D eigenvalue weighted by molar-refractivity contribution is 0.308. The van der Waals surface area contributed by atoms with Gasteiger partial charge in [0.25, 0.3) is 0 Å². The Labute approximate surface area is 162 Å². The van der Waals surface area contributed by atoms with Gasteiger partial charge in [-0.05, 0) is 79.4 Å². The number of benzene rings is 1. The van der Waals surface area contributed by atoms with E-state index in [-0.39, 0.29) is 0 Å². The van der Waals surface area contributed by atoms with Crippen molar-refractivity contribution >= 4 is 0 Å². The molecule has 1 aromatic rings. The van der Waals surface area contributed by atoms with Crippen LogP contribution in [0.3, 0.4) is 0 Å². The van der Waals surface area contributed by atoms with Crippen molar-refractivity contribution in [3.63, 3.8) is 0 Å². The standard InChI is InChI=1S/C25H42O/c1-5-24(2,3)17-10-6-8-13-21-14-12-16-23(26)22(21)15-9-7-11-18-25(4)19-20-25/h12,14,16,26H,5-11,13,15,17-20H2,1-4H3. The molecule has 0 heterocycles. The summed E-state index contributed by atoms with van der Waals surface area (Å²) in [7, 11) is 0. The van der Waals surface area contributed by atoms with Crippen molar-refractivity contribution in [2.75, 3.05) is 0 Å². The molecule has 2 rings (SSSR count). The van der Waals surface area contributed by atoms with Crippen LogP contribution in [0.15, 0.2) is 18.2 Å². The van der Waals surface area contributed by atoms with Crippen molar-refractivity contribution < 1.29 is 5.11 Å². The van der Waals surface area contributed by atoms with Crippen molar-refractivity contribution in [1.82, 2.24) is 0 Å². The van der Waals surface area contributed by atoms with Crippen LogP contribution in [0.25, 0.3) is 0 Å². The van der Waals surface area contributed by atoms with Gasteiger partial charge < -0.3 is 5.11 Å². The van der Waals surface area contributed by atoms with Gasteiger partial charge >= 0.3 is 0 Å². The Hall–Kier alpha value is -0.980. The van der Waals surface area contributed by atoms with E-state index < -0.39 is 0 Å². The average Bonchev–Trinajstić information content (AvgIpc) is 3.33. The van der Waals surface area contributed by atoms with Crippen LogP contribution in [0.2, 0.25) is 0 Å². The number of phenols is 1. The molecule has 0 atom stereocenters. The third kappa shape index (κ3) is 7.33. The van der Waals surface area contributed by atoms with Crippen molar-refractivity contribution in [2.24, 2.45) is 10.8 Å². The second-order valence-electron chi connectivity index (χ2n) is 9.86. The Kier molecular flexibility index (Phi) is 8.05. The molecule has 1 aliphatic rings. The fourth-order valence-electron chi connectivity index (χ4n) is 3.91. The topological polar surface area (TPSA) is 20.2 Å². The zero-order valence-electron chi connectivity index (χ0n) is 17.9. The van der Waals surface area contributed by atoms with Gasteiger partial charge in [-0.1, -0.05) is 71.9 Å². The SMILES string of the molecule is CCC(C)(C)CCCCCc1cccc(O)c1CCCCCC1(C)CC1. The highest BCUT2D eigenvalue weighted by atomic mass is 16.3. The first-order chi connectivity index (χ1) is 12.4. The van der Waals surface area contributed by atoms with Gasteiger partial charge in [0, 0.05) is 0 Å². The van der Waals surface area contributed by atoms with Crippen LogP contribution in [0, 0.1) is 10.8 Å². The lowest BCUT2D eigenvalue weighted by Gasteiger charge is -2.22. The number of aryl methyl sites for hydroxylation is 1. The predicted molar refractivity (Wildman–Crippen MR) is 114 cm³/mol. The summed E-state index contributed by atoms with van der Waals surface area (Å²) in [6, 6.07) is 6.12. The highest BCUT2D eigenvalue weighted by Gasteiger charge is 2.35. The molecule has 148 valence electrons. The Morgan fingerprint density at radius 3 is 2.35 bits per heavy atom. The minimum Gasteiger partial charge on any atom is -0.508 e. The zero-order valence-corrected chi connectivity index (χ0v) is 17.9. The van der Waals surface area contributed by atoms with Gasteiger partial charge in [0.15, 0.2) is 0 Å². The average molecular weight is 359 g/mol. The van der Waals surface area contributed by atoms with E-state index in [9.17, 15) is 5.11 Å². The fourth-order valence-corrected chi connectivity index (χ4v) is 3.91.